The molecule has 0 heterocycles. The molecule has 96 valence electrons. The van der Waals surface area contributed by atoms with Gasteiger partial charge < -0.3 is 5.73 Å². The van der Waals surface area contributed by atoms with Crippen molar-refractivity contribution in [3.63, 3.8) is 0 Å². The molecule has 0 aliphatic carbocycles. The second-order valence-electron chi connectivity index (χ2n) is 5.33. The number of halogens is 3. The van der Waals surface area contributed by atoms with Crippen LogP contribution in [0.4, 0.5) is 8.78 Å². The first-order valence-electron chi connectivity index (χ1n) is 5.52. The van der Waals surface area contributed by atoms with Crippen molar-refractivity contribution in [1.29, 1.82) is 0 Å². The summed E-state index contributed by atoms with van der Waals surface area (Å²) in [5.41, 5.74) is 3.64. The minimum Gasteiger partial charge on any atom is -0.327 e. The third-order valence-electron chi connectivity index (χ3n) is 3.15. The molecule has 1 aromatic carbocycles. The van der Waals surface area contributed by atoms with E-state index in [1.807, 2.05) is 0 Å². The Morgan fingerprint density at radius 2 is 1.88 bits per heavy atom. The lowest BCUT2D eigenvalue weighted by Crippen LogP contribution is -2.47. The minimum absolute atomic E-state index is 0.00782. The van der Waals surface area contributed by atoms with Crippen molar-refractivity contribution >= 4 is 15.9 Å². The summed E-state index contributed by atoms with van der Waals surface area (Å²) in [5, 5.41) is 0. The largest absolute Gasteiger partial charge is 0.327 e. The van der Waals surface area contributed by atoms with Crippen LogP contribution in [0.25, 0.3) is 0 Å². The van der Waals surface area contributed by atoms with Gasteiger partial charge in [-0.3, -0.25) is 0 Å². The van der Waals surface area contributed by atoms with E-state index in [2.05, 4.69) is 15.9 Å². The zero-order chi connectivity index (χ0) is 13.3. The Kier molecular flexibility index (Phi) is 4.31. The molecule has 0 bridgehead atoms. The first kappa shape index (κ1) is 14.6. The molecule has 0 amide bonds. The van der Waals surface area contributed by atoms with Crippen molar-refractivity contribution in [2.24, 2.45) is 11.1 Å². The number of nitrogens with two attached hydrogens (primary N) is 1. The zero-order valence-corrected chi connectivity index (χ0v) is 11.9. The van der Waals surface area contributed by atoms with Crippen molar-refractivity contribution < 1.29 is 8.78 Å². The molecule has 4 heteroatoms. The zero-order valence-electron chi connectivity index (χ0n) is 10.4. The second kappa shape index (κ2) is 5.02. The standard InChI is InChI=1S/C13H18BrF2N/c1-12(2,3)13(16,8-17)7-9-4-5-10(14)6-11(9)15/h4-6H,7-8,17H2,1-3H3. The molecule has 17 heavy (non-hydrogen) atoms. The molecule has 0 aliphatic rings. The summed E-state index contributed by atoms with van der Waals surface area (Å²) in [6.45, 7) is 5.20. The maximum Gasteiger partial charge on any atom is 0.132 e. The highest BCUT2D eigenvalue weighted by Gasteiger charge is 2.41. The summed E-state index contributed by atoms with van der Waals surface area (Å²) < 4.78 is 29.0. The Morgan fingerprint density at radius 3 is 2.29 bits per heavy atom. The molecule has 1 unspecified atom stereocenters. The molecule has 1 atom stereocenters. The predicted molar refractivity (Wildman–Crippen MR) is 70.2 cm³/mol. The van der Waals surface area contributed by atoms with E-state index in [9.17, 15) is 8.78 Å². The quantitative estimate of drug-likeness (QED) is 0.902. The van der Waals surface area contributed by atoms with E-state index in [-0.39, 0.29) is 13.0 Å². The Hall–Kier alpha value is -0.480. The highest BCUT2D eigenvalue weighted by Crippen LogP contribution is 2.37. The molecule has 1 nitrogen and oxygen atoms in total. The van der Waals surface area contributed by atoms with Crippen LogP contribution in [0.5, 0.6) is 0 Å². The summed E-state index contributed by atoms with van der Waals surface area (Å²) in [4.78, 5) is 0. The maximum atomic E-state index is 14.7. The first-order valence-corrected chi connectivity index (χ1v) is 6.32. The van der Waals surface area contributed by atoms with Crippen molar-refractivity contribution in [1.82, 2.24) is 0 Å². The van der Waals surface area contributed by atoms with Gasteiger partial charge in [0.05, 0.1) is 0 Å². The number of hydrogen-bond donors (Lipinski definition) is 1. The van der Waals surface area contributed by atoms with Crippen molar-refractivity contribution in [3.05, 3.63) is 34.1 Å². The third-order valence-corrected chi connectivity index (χ3v) is 3.65. The second-order valence-corrected chi connectivity index (χ2v) is 6.25. The van der Waals surface area contributed by atoms with E-state index in [4.69, 9.17) is 5.73 Å². The highest BCUT2D eigenvalue weighted by molar-refractivity contribution is 9.10. The normalized spacial score (nSPS) is 15.7. The molecule has 0 aliphatic heterocycles. The van der Waals surface area contributed by atoms with Gasteiger partial charge in [0.15, 0.2) is 0 Å². The van der Waals surface area contributed by atoms with Gasteiger partial charge in [0.25, 0.3) is 0 Å². The number of benzene rings is 1. The Bertz CT molecular complexity index is 401. The van der Waals surface area contributed by atoms with E-state index in [1.54, 1.807) is 32.9 Å². The molecule has 2 N–H and O–H groups in total. The summed E-state index contributed by atoms with van der Waals surface area (Å²) in [6.07, 6.45) is -0.00782. The van der Waals surface area contributed by atoms with Crippen LogP contribution in [-0.4, -0.2) is 12.2 Å². The highest BCUT2D eigenvalue weighted by atomic mass is 79.9. The van der Waals surface area contributed by atoms with E-state index in [0.29, 0.717) is 10.0 Å². The van der Waals surface area contributed by atoms with Crippen LogP contribution in [0.1, 0.15) is 26.3 Å². The lowest BCUT2D eigenvalue weighted by atomic mass is 9.74. The van der Waals surface area contributed by atoms with Gasteiger partial charge in [-0.2, -0.15) is 0 Å². The number of alkyl halides is 1. The molecule has 1 rings (SSSR count). The topological polar surface area (TPSA) is 26.0 Å². The summed E-state index contributed by atoms with van der Waals surface area (Å²) in [6, 6.07) is 4.64. The minimum atomic E-state index is -1.61. The fraction of sp³-hybridized carbons (Fsp3) is 0.538. The van der Waals surface area contributed by atoms with Crippen molar-refractivity contribution in [3.8, 4) is 0 Å². The van der Waals surface area contributed by atoms with Crippen LogP contribution >= 0.6 is 15.9 Å². The summed E-state index contributed by atoms with van der Waals surface area (Å²) >= 11 is 3.17. The molecule has 0 aromatic heterocycles. The van der Waals surface area contributed by atoms with Crippen LogP contribution in [0, 0.1) is 11.2 Å². The van der Waals surface area contributed by atoms with Gasteiger partial charge in [-0.05, 0) is 23.1 Å². The molecule has 0 fully saturated rings. The van der Waals surface area contributed by atoms with Gasteiger partial charge in [0, 0.05) is 17.4 Å². The van der Waals surface area contributed by atoms with E-state index in [1.165, 1.54) is 6.07 Å². The van der Waals surface area contributed by atoms with Gasteiger partial charge in [-0.1, -0.05) is 42.8 Å². The van der Waals surface area contributed by atoms with Crippen molar-refractivity contribution in [2.45, 2.75) is 32.9 Å². The fourth-order valence-electron chi connectivity index (χ4n) is 1.61. The fourth-order valence-corrected chi connectivity index (χ4v) is 1.94. The molecule has 0 saturated carbocycles. The lowest BCUT2D eigenvalue weighted by Gasteiger charge is -2.37. The van der Waals surface area contributed by atoms with Crippen molar-refractivity contribution in [2.75, 3.05) is 6.54 Å². The third kappa shape index (κ3) is 3.26. The first-order chi connectivity index (χ1) is 7.69. The van der Waals surface area contributed by atoms with Crippen LogP contribution in [0.2, 0.25) is 0 Å². The summed E-state index contributed by atoms with van der Waals surface area (Å²) in [7, 11) is 0. The van der Waals surface area contributed by atoms with Gasteiger partial charge in [0.2, 0.25) is 0 Å². The van der Waals surface area contributed by atoms with Crippen LogP contribution in [0.3, 0.4) is 0 Å². The Morgan fingerprint density at radius 1 is 1.29 bits per heavy atom. The molecule has 0 radical (unpaired) electrons. The lowest BCUT2D eigenvalue weighted by molar-refractivity contribution is 0.0374. The number of rotatable bonds is 3. The number of hydrogen-bond acceptors (Lipinski definition) is 1. The van der Waals surface area contributed by atoms with Crippen LogP contribution in [-0.2, 0) is 6.42 Å². The molecule has 1 aromatic rings. The molecular formula is C13H18BrF2N. The molecule has 0 saturated heterocycles. The monoisotopic (exact) mass is 305 g/mol. The summed E-state index contributed by atoms with van der Waals surface area (Å²) in [5.74, 6) is -0.404. The molecular weight excluding hydrogens is 288 g/mol. The van der Waals surface area contributed by atoms with Crippen LogP contribution < -0.4 is 5.73 Å². The van der Waals surface area contributed by atoms with Gasteiger partial charge in [0.1, 0.15) is 11.5 Å². The SMILES string of the molecule is CC(C)(C)C(F)(CN)Cc1ccc(Br)cc1F. The average molecular weight is 306 g/mol. The molecule has 0 spiro atoms. The average Bonchev–Trinajstić information content (AvgIpc) is 2.20. The van der Waals surface area contributed by atoms with E-state index in [0.717, 1.165) is 0 Å². The van der Waals surface area contributed by atoms with E-state index < -0.39 is 16.9 Å². The van der Waals surface area contributed by atoms with Gasteiger partial charge in [-0.15, -0.1) is 0 Å². The van der Waals surface area contributed by atoms with Gasteiger partial charge >= 0.3 is 0 Å². The maximum absolute atomic E-state index is 14.7. The van der Waals surface area contributed by atoms with Gasteiger partial charge in [-0.25, -0.2) is 8.78 Å². The van der Waals surface area contributed by atoms with Crippen LogP contribution in [0.15, 0.2) is 22.7 Å². The predicted octanol–water partition coefficient (Wildman–Crippen LogP) is 3.84. The smallest absolute Gasteiger partial charge is 0.132 e. The Labute approximate surface area is 110 Å². The van der Waals surface area contributed by atoms with E-state index >= 15 is 0 Å². The Balaban J connectivity index is 3.03.